The maximum atomic E-state index is 11.0. The quantitative estimate of drug-likeness (QED) is 0.903. The third-order valence-electron chi connectivity index (χ3n) is 2.57. The second-order valence-electron chi connectivity index (χ2n) is 3.84. The van der Waals surface area contributed by atoms with Crippen molar-refractivity contribution >= 4 is 11.6 Å². The fraction of sp³-hybridized carbons (Fsp3) is 0.154. The topological polar surface area (TPSA) is 48.0 Å². The number of hydrogen-bond acceptors (Lipinski definition) is 2. The molecule has 17 heavy (non-hydrogen) atoms. The summed E-state index contributed by atoms with van der Waals surface area (Å²) < 4.78 is 1.91. The summed E-state index contributed by atoms with van der Waals surface area (Å²) in [5.74, 6) is 0. The first-order valence-corrected chi connectivity index (χ1v) is 5.70. The van der Waals surface area contributed by atoms with Gasteiger partial charge in [0.15, 0.2) is 5.43 Å². The van der Waals surface area contributed by atoms with E-state index in [4.69, 9.17) is 17.3 Å². The van der Waals surface area contributed by atoms with Crippen molar-refractivity contribution in [2.24, 2.45) is 5.73 Å². The van der Waals surface area contributed by atoms with Gasteiger partial charge in [-0.1, -0.05) is 23.7 Å². The van der Waals surface area contributed by atoms with E-state index in [-0.39, 0.29) is 5.43 Å². The molecule has 3 nitrogen and oxygen atoms in total. The van der Waals surface area contributed by atoms with Crippen LogP contribution in [0.1, 0.15) is 11.1 Å². The van der Waals surface area contributed by atoms with Crippen molar-refractivity contribution in [2.75, 3.05) is 0 Å². The van der Waals surface area contributed by atoms with Gasteiger partial charge in [-0.3, -0.25) is 4.79 Å². The predicted molar refractivity (Wildman–Crippen MR) is 69.1 cm³/mol. The first-order valence-electron chi connectivity index (χ1n) is 5.32. The molecule has 0 saturated carbocycles. The van der Waals surface area contributed by atoms with Gasteiger partial charge in [0, 0.05) is 42.6 Å². The summed E-state index contributed by atoms with van der Waals surface area (Å²) >= 11 is 6.16. The highest BCUT2D eigenvalue weighted by Crippen LogP contribution is 2.18. The Bertz CT molecular complexity index is 557. The zero-order chi connectivity index (χ0) is 12.3. The van der Waals surface area contributed by atoms with Gasteiger partial charge in [0.2, 0.25) is 0 Å². The third kappa shape index (κ3) is 2.96. The fourth-order valence-electron chi connectivity index (χ4n) is 1.59. The van der Waals surface area contributed by atoms with E-state index in [1.807, 2.05) is 22.8 Å². The van der Waals surface area contributed by atoms with Gasteiger partial charge < -0.3 is 10.3 Å². The molecule has 88 valence electrons. The maximum absolute atomic E-state index is 11.0. The summed E-state index contributed by atoms with van der Waals surface area (Å²) in [7, 11) is 0. The standard InChI is InChI=1S/C13H13ClN2O/c14-13-7-10(8-15)1-2-11(13)9-16-5-3-12(17)4-6-16/h1-7H,8-9,15H2. The number of aromatic nitrogens is 1. The van der Waals surface area contributed by atoms with Crippen LogP contribution in [0.4, 0.5) is 0 Å². The minimum Gasteiger partial charge on any atom is -0.350 e. The highest BCUT2D eigenvalue weighted by atomic mass is 35.5. The summed E-state index contributed by atoms with van der Waals surface area (Å²) in [5.41, 5.74) is 7.56. The lowest BCUT2D eigenvalue weighted by atomic mass is 10.1. The van der Waals surface area contributed by atoms with Crippen LogP contribution in [0, 0.1) is 0 Å². The first-order chi connectivity index (χ1) is 8.19. The molecule has 2 aromatic rings. The van der Waals surface area contributed by atoms with E-state index in [1.54, 1.807) is 12.4 Å². The van der Waals surface area contributed by atoms with E-state index in [1.165, 1.54) is 12.1 Å². The lowest BCUT2D eigenvalue weighted by Gasteiger charge is -2.09. The van der Waals surface area contributed by atoms with Gasteiger partial charge in [0.1, 0.15) is 0 Å². The van der Waals surface area contributed by atoms with Crippen molar-refractivity contribution in [3.63, 3.8) is 0 Å². The van der Waals surface area contributed by atoms with Crippen molar-refractivity contribution < 1.29 is 0 Å². The van der Waals surface area contributed by atoms with Crippen LogP contribution in [0.15, 0.2) is 47.5 Å². The van der Waals surface area contributed by atoms with Gasteiger partial charge in [-0.25, -0.2) is 0 Å². The normalized spacial score (nSPS) is 10.5. The zero-order valence-corrected chi connectivity index (χ0v) is 10.0. The number of benzene rings is 1. The molecule has 1 heterocycles. The molecule has 0 radical (unpaired) electrons. The van der Waals surface area contributed by atoms with Crippen LogP contribution in [0.3, 0.4) is 0 Å². The average molecular weight is 249 g/mol. The third-order valence-corrected chi connectivity index (χ3v) is 2.92. The van der Waals surface area contributed by atoms with E-state index in [0.29, 0.717) is 18.1 Å². The molecule has 2 rings (SSSR count). The van der Waals surface area contributed by atoms with Gasteiger partial charge in [0.25, 0.3) is 0 Å². The van der Waals surface area contributed by atoms with Crippen LogP contribution in [0.2, 0.25) is 5.02 Å². The molecule has 0 aliphatic heterocycles. The highest BCUT2D eigenvalue weighted by Gasteiger charge is 2.01. The van der Waals surface area contributed by atoms with Crippen molar-refractivity contribution in [3.8, 4) is 0 Å². The van der Waals surface area contributed by atoms with E-state index < -0.39 is 0 Å². The lowest BCUT2D eigenvalue weighted by Crippen LogP contribution is -2.05. The zero-order valence-electron chi connectivity index (χ0n) is 9.27. The van der Waals surface area contributed by atoms with E-state index in [0.717, 1.165) is 11.1 Å². The summed E-state index contributed by atoms with van der Waals surface area (Å²) in [6.45, 7) is 1.13. The summed E-state index contributed by atoms with van der Waals surface area (Å²) in [5, 5.41) is 0.701. The molecule has 0 fully saturated rings. The first kappa shape index (κ1) is 11.9. The molecule has 1 aromatic carbocycles. The lowest BCUT2D eigenvalue weighted by molar-refractivity contribution is 0.788. The van der Waals surface area contributed by atoms with Crippen LogP contribution >= 0.6 is 11.6 Å². The van der Waals surface area contributed by atoms with Crippen LogP contribution in [-0.2, 0) is 13.1 Å². The SMILES string of the molecule is NCc1ccc(Cn2ccc(=O)cc2)c(Cl)c1. The number of nitrogens with zero attached hydrogens (tertiary/aromatic N) is 1. The number of halogens is 1. The summed E-state index contributed by atoms with van der Waals surface area (Å²) in [4.78, 5) is 11.0. The van der Waals surface area contributed by atoms with Gasteiger partial charge in [-0.2, -0.15) is 0 Å². The van der Waals surface area contributed by atoms with Gasteiger partial charge >= 0.3 is 0 Å². The van der Waals surface area contributed by atoms with E-state index in [9.17, 15) is 4.79 Å². The number of nitrogens with two attached hydrogens (primary N) is 1. The molecular weight excluding hydrogens is 236 g/mol. The predicted octanol–water partition coefficient (Wildman–Crippen LogP) is 2.01. The minimum atomic E-state index is 0.00540. The molecule has 0 bridgehead atoms. The molecule has 0 aliphatic carbocycles. The summed E-state index contributed by atoms with van der Waals surface area (Å²) in [6.07, 6.45) is 3.49. The largest absolute Gasteiger partial charge is 0.350 e. The molecule has 1 aromatic heterocycles. The van der Waals surface area contributed by atoms with Crippen molar-refractivity contribution in [3.05, 3.63) is 69.1 Å². The monoisotopic (exact) mass is 248 g/mol. The van der Waals surface area contributed by atoms with E-state index in [2.05, 4.69) is 0 Å². The maximum Gasteiger partial charge on any atom is 0.181 e. The molecule has 0 atom stereocenters. The Morgan fingerprint density at radius 2 is 1.88 bits per heavy atom. The van der Waals surface area contributed by atoms with Crippen molar-refractivity contribution in [2.45, 2.75) is 13.1 Å². The van der Waals surface area contributed by atoms with Crippen LogP contribution in [-0.4, -0.2) is 4.57 Å². The Kier molecular flexibility index (Phi) is 3.61. The molecule has 0 unspecified atom stereocenters. The second-order valence-corrected chi connectivity index (χ2v) is 4.24. The number of pyridine rings is 1. The van der Waals surface area contributed by atoms with Crippen molar-refractivity contribution in [1.82, 2.24) is 4.57 Å². The Morgan fingerprint density at radius 1 is 1.18 bits per heavy atom. The smallest absolute Gasteiger partial charge is 0.181 e. The van der Waals surface area contributed by atoms with Crippen LogP contribution in [0.25, 0.3) is 0 Å². The molecule has 0 amide bonds. The Balaban J connectivity index is 2.24. The van der Waals surface area contributed by atoms with Gasteiger partial charge in [-0.15, -0.1) is 0 Å². The highest BCUT2D eigenvalue weighted by molar-refractivity contribution is 6.31. The molecule has 0 aliphatic rings. The van der Waals surface area contributed by atoms with Gasteiger partial charge in [0.05, 0.1) is 0 Å². The van der Waals surface area contributed by atoms with Crippen LogP contribution < -0.4 is 11.2 Å². The Hall–Kier alpha value is -1.58. The number of hydrogen-bond donors (Lipinski definition) is 1. The summed E-state index contributed by atoms with van der Waals surface area (Å²) in [6, 6.07) is 8.86. The fourth-order valence-corrected chi connectivity index (χ4v) is 1.85. The minimum absolute atomic E-state index is 0.00540. The van der Waals surface area contributed by atoms with E-state index >= 15 is 0 Å². The molecule has 4 heteroatoms. The number of rotatable bonds is 3. The molecule has 2 N–H and O–H groups in total. The molecular formula is C13H13ClN2O. The second kappa shape index (κ2) is 5.17. The Labute approximate surface area is 104 Å². The van der Waals surface area contributed by atoms with Crippen molar-refractivity contribution in [1.29, 1.82) is 0 Å². The molecule has 0 spiro atoms. The van der Waals surface area contributed by atoms with Crippen LogP contribution in [0.5, 0.6) is 0 Å². The molecule has 0 saturated heterocycles. The Morgan fingerprint density at radius 3 is 2.47 bits per heavy atom. The average Bonchev–Trinajstić information content (AvgIpc) is 2.34. The van der Waals surface area contributed by atoms with Gasteiger partial charge in [-0.05, 0) is 17.2 Å².